The smallest absolute Gasteiger partial charge is 0.159 e. The predicted molar refractivity (Wildman–Crippen MR) is 72.0 cm³/mol. The highest BCUT2D eigenvalue weighted by Crippen LogP contribution is 2.17. The highest BCUT2D eigenvalue weighted by atomic mass is 19.2. The Labute approximate surface area is 116 Å². The maximum Gasteiger partial charge on any atom is 0.159 e. The van der Waals surface area contributed by atoms with Crippen molar-refractivity contribution in [3.63, 3.8) is 0 Å². The minimum absolute atomic E-state index is 0.00338. The average molecular weight is 278 g/mol. The summed E-state index contributed by atoms with van der Waals surface area (Å²) in [5.74, 6) is -1.88. The lowest BCUT2D eigenvalue weighted by Crippen LogP contribution is -2.24. The van der Waals surface area contributed by atoms with Crippen molar-refractivity contribution < 1.29 is 13.9 Å². The fourth-order valence-corrected chi connectivity index (χ4v) is 1.88. The lowest BCUT2D eigenvalue weighted by Gasteiger charge is -2.17. The van der Waals surface area contributed by atoms with Crippen LogP contribution in [0.1, 0.15) is 30.2 Å². The summed E-state index contributed by atoms with van der Waals surface area (Å²) in [5, 5.41) is 13.1. The van der Waals surface area contributed by atoms with Crippen molar-refractivity contribution >= 4 is 0 Å². The van der Waals surface area contributed by atoms with Crippen LogP contribution in [-0.2, 0) is 0 Å². The molecule has 0 amide bonds. The zero-order chi connectivity index (χ0) is 14.5. The summed E-state index contributed by atoms with van der Waals surface area (Å²) in [6, 6.07) is 7.16. The molecule has 1 heterocycles. The molecule has 1 unspecified atom stereocenters. The van der Waals surface area contributed by atoms with Crippen LogP contribution in [-0.4, -0.2) is 16.6 Å². The van der Waals surface area contributed by atoms with E-state index >= 15 is 0 Å². The number of hydrogen-bond acceptors (Lipinski definition) is 3. The standard InChI is InChI=1S/C15H16F2N2O/c1-10(12-3-2-6-18-8-12)19-9-15(20)11-4-5-13(16)14(17)7-11/h2-8,10,15,19-20H,9H2,1H3/t10-,15?/m0/s1. The Morgan fingerprint density at radius 2 is 2.00 bits per heavy atom. The Bertz CT molecular complexity index is 563. The monoisotopic (exact) mass is 278 g/mol. The van der Waals surface area contributed by atoms with Gasteiger partial charge in [-0.05, 0) is 36.2 Å². The molecule has 2 aromatic rings. The van der Waals surface area contributed by atoms with Gasteiger partial charge < -0.3 is 10.4 Å². The second-order valence-corrected chi connectivity index (χ2v) is 4.61. The molecule has 0 saturated carbocycles. The van der Waals surface area contributed by atoms with Crippen LogP contribution in [0.25, 0.3) is 0 Å². The second-order valence-electron chi connectivity index (χ2n) is 4.61. The molecule has 5 heteroatoms. The van der Waals surface area contributed by atoms with Crippen molar-refractivity contribution in [3.05, 3.63) is 65.5 Å². The minimum Gasteiger partial charge on any atom is -0.387 e. The van der Waals surface area contributed by atoms with Crippen LogP contribution in [0.5, 0.6) is 0 Å². The number of hydrogen-bond donors (Lipinski definition) is 2. The summed E-state index contributed by atoms with van der Waals surface area (Å²) >= 11 is 0. The average Bonchev–Trinajstić information content (AvgIpc) is 2.48. The molecule has 106 valence electrons. The molecular weight excluding hydrogens is 262 g/mol. The van der Waals surface area contributed by atoms with Gasteiger partial charge in [-0.3, -0.25) is 4.98 Å². The first-order valence-electron chi connectivity index (χ1n) is 6.34. The first-order chi connectivity index (χ1) is 9.58. The molecule has 20 heavy (non-hydrogen) atoms. The fraction of sp³-hybridized carbons (Fsp3) is 0.267. The van der Waals surface area contributed by atoms with Gasteiger partial charge in [-0.1, -0.05) is 12.1 Å². The largest absolute Gasteiger partial charge is 0.387 e. The molecule has 2 N–H and O–H groups in total. The number of aliphatic hydroxyl groups is 1. The van der Waals surface area contributed by atoms with Crippen molar-refractivity contribution in [2.24, 2.45) is 0 Å². The molecule has 2 rings (SSSR count). The number of nitrogens with zero attached hydrogens (tertiary/aromatic N) is 1. The van der Waals surface area contributed by atoms with E-state index in [0.717, 1.165) is 17.7 Å². The molecule has 0 saturated heterocycles. The second kappa shape index (κ2) is 6.54. The number of nitrogens with one attached hydrogen (secondary N) is 1. The normalized spacial score (nSPS) is 14.0. The third-order valence-corrected chi connectivity index (χ3v) is 3.13. The van der Waals surface area contributed by atoms with E-state index in [1.54, 1.807) is 12.4 Å². The molecule has 0 bridgehead atoms. The van der Waals surface area contributed by atoms with Gasteiger partial charge in [-0.15, -0.1) is 0 Å². The first kappa shape index (κ1) is 14.6. The van der Waals surface area contributed by atoms with Gasteiger partial charge in [0.15, 0.2) is 11.6 Å². The van der Waals surface area contributed by atoms with Crippen LogP contribution >= 0.6 is 0 Å². The quantitative estimate of drug-likeness (QED) is 0.884. The molecule has 0 fully saturated rings. The lowest BCUT2D eigenvalue weighted by molar-refractivity contribution is 0.170. The van der Waals surface area contributed by atoms with E-state index in [4.69, 9.17) is 0 Å². The minimum atomic E-state index is -0.957. The van der Waals surface area contributed by atoms with E-state index in [9.17, 15) is 13.9 Å². The summed E-state index contributed by atoms with van der Waals surface area (Å²) in [6.07, 6.45) is 2.53. The maximum atomic E-state index is 13.1. The van der Waals surface area contributed by atoms with Crippen LogP contribution < -0.4 is 5.32 Å². The van der Waals surface area contributed by atoms with Gasteiger partial charge in [0.05, 0.1) is 6.10 Å². The summed E-state index contributed by atoms with van der Waals surface area (Å²) in [7, 11) is 0. The van der Waals surface area contributed by atoms with Crippen molar-refractivity contribution in [3.8, 4) is 0 Å². The van der Waals surface area contributed by atoms with Gasteiger partial charge in [0.25, 0.3) is 0 Å². The molecule has 0 spiro atoms. The van der Waals surface area contributed by atoms with E-state index in [1.165, 1.54) is 6.07 Å². The van der Waals surface area contributed by atoms with Crippen molar-refractivity contribution in [1.82, 2.24) is 10.3 Å². The van der Waals surface area contributed by atoms with Crippen molar-refractivity contribution in [1.29, 1.82) is 0 Å². The molecule has 1 aromatic carbocycles. The highest BCUT2D eigenvalue weighted by Gasteiger charge is 2.12. The molecule has 1 aromatic heterocycles. The van der Waals surface area contributed by atoms with Gasteiger partial charge in [-0.2, -0.15) is 0 Å². The zero-order valence-electron chi connectivity index (χ0n) is 11.1. The van der Waals surface area contributed by atoms with E-state index in [1.807, 2.05) is 19.1 Å². The summed E-state index contributed by atoms with van der Waals surface area (Å²) in [6.45, 7) is 2.18. The summed E-state index contributed by atoms with van der Waals surface area (Å²) in [5.41, 5.74) is 1.33. The predicted octanol–water partition coefficient (Wildman–Crippen LogP) is 2.74. The Balaban J connectivity index is 1.95. The Hall–Kier alpha value is -1.85. The highest BCUT2D eigenvalue weighted by molar-refractivity contribution is 5.20. The first-order valence-corrected chi connectivity index (χ1v) is 6.34. The topological polar surface area (TPSA) is 45.1 Å². The lowest BCUT2D eigenvalue weighted by atomic mass is 10.1. The van der Waals surface area contributed by atoms with Gasteiger partial charge in [0.2, 0.25) is 0 Å². The van der Waals surface area contributed by atoms with Crippen LogP contribution in [0, 0.1) is 11.6 Å². The van der Waals surface area contributed by atoms with Crippen LogP contribution in [0.2, 0.25) is 0 Å². The maximum absolute atomic E-state index is 13.1. The van der Waals surface area contributed by atoms with Crippen molar-refractivity contribution in [2.75, 3.05) is 6.54 Å². The number of halogens is 2. The van der Waals surface area contributed by atoms with Crippen molar-refractivity contribution in [2.45, 2.75) is 19.1 Å². The Morgan fingerprint density at radius 3 is 2.65 bits per heavy atom. The molecule has 0 aliphatic heterocycles. The molecule has 0 aliphatic rings. The van der Waals surface area contributed by atoms with Gasteiger partial charge in [0, 0.05) is 25.0 Å². The molecular formula is C15H16F2N2O. The number of pyridine rings is 1. The van der Waals surface area contributed by atoms with Crippen LogP contribution in [0.15, 0.2) is 42.7 Å². The number of aliphatic hydroxyl groups excluding tert-OH is 1. The van der Waals surface area contributed by atoms with E-state index in [2.05, 4.69) is 10.3 Å². The summed E-state index contributed by atoms with van der Waals surface area (Å²) in [4.78, 5) is 4.02. The molecule has 3 nitrogen and oxygen atoms in total. The molecule has 2 atom stereocenters. The van der Waals surface area contributed by atoms with Gasteiger partial charge >= 0.3 is 0 Å². The Morgan fingerprint density at radius 1 is 1.20 bits per heavy atom. The summed E-state index contributed by atoms with van der Waals surface area (Å²) < 4.78 is 25.9. The van der Waals surface area contributed by atoms with Crippen LogP contribution in [0.4, 0.5) is 8.78 Å². The third kappa shape index (κ3) is 3.59. The third-order valence-electron chi connectivity index (χ3n) is 3.13. The number of benzene rings is 1. The number of aromatic nitrogens is 1. The van der Waals surface area contributed by atoms with Gasteiger partial charge in [0.1, 0.15) is 0 Å². The van der Waals surface area contributed by atoms with E-state index < -0.39 is 17.7 Å². The van der Waals surface area contributed by atoms with Crippen LogP contribution in [0.3, 0.4) is 0 Å². The van der Waals surface area contributed by atoms with Gasteiger partial charge in [-0.25, -0.2) is 8.78 Å². The molecule has 0 aliphatic carbocycles. The zero-order valence-corrected chi connectivity index (χ0v) is 11.1. The van der Waals surface area contributed by atoms with E-state index in [-0.39, 0.29) is 12.6 Å². The van der Waals surface area contributed by atoms with E-state index in [0.29, 0.717) is 5.56 Å². The number of rotatable bonds is 5. The SMILES string of the molecule is C[C@H](NCC(O)c1ccc(F)c(F)c1)c1cccnc1. The molecule has 0 radical (unpaired) electrons. The fourth-order valence-electron chi connectivity index (χ4n) is 1.88. The Kier molecular flexibility index (Phi) is 4.76.